The minimum atomic E-state index is -3.22. The summed E-state index contributed by atoms with van der Waals surface area (Å²) >= 11 is 13.8. The first-order valence-electron chi connectivity index (χ1n) is 0.890. The van der Waals surface area contributed by atoms with Gasteiger partial charge in [0.25, 0.3) is 0 Å². The van der Waals surface area contributed by atoms with Crippen LogP contribution in [0.15, 0.2) is 0 Å². The Morgan fingerprint density at radius 1 is 1.14 bits per heavy atom. The van der Waals surface area contributed by atoms with Crippen molar-refractivity contribution in [3.8, 4) is 0 Å². The number of hydrogen-bond donors (Lipinski definition) is 2. The topological polar surface area (TPSA) is 57.5 Å². The van der Waals surface area contributed by atoms with Crippen LogP contribution in [0.5, 0.6) is 0 Å². The average Bonchev–Trinajstić information content (AvgIpc) is 1.36. The maximum absolute atomic E-state index is 9.51. The van der Waals surface area contributed by atoms with Crippen molar-refractivity contribution in [3.63, 3.8) is 0 Å². The summed E-state index contributed by atoms with van der Waals surface area (Å²) in [7, 11) is 0. The van der Waals surface area contributed by atoms with Gasteiger partial charge in [-0.05, 0) is 33.7 Å². The van der Waals surface area contributed by atoms with Gasteiger partial charge in [0.15, 0.2) is 0 Å². The fourth-order valence-corrected chi connectivity index (χ4v) is 0. The molecule has 0 aliphatic heterocycles. The molecule has 0 atom stereocenters. The highest BCUT2D eigenvalue weighted by atomic mass is 36.0. The van der Waals surface area contributed by atoms with Crippen LogP contribution in [0.4, 0.5) is 0 Å². The molecule has 0 rings (SSSR count). The highest BCUT2D eigenvalue weighted by molar-refractivity contribution is 8.24. The van der Waals surface area contributed by atoms with E-state index in [0.717, 1.165) is 0 Å². The molecule has 0 saturated carbocycles. The van der Waals surface area contributed by atoms with Crippen molar-refractivity contribution < 1.29 is 15.1 Å². The third-order valence-corrected chi connectivity index (χ3v) is 0. The van der Waals surface area contributed by atoms with Crippen molar-refractivity contribution >= 4 is 38.9 Å². The zero-order chi connectivity index (χ0) is 6.50. The van der Waals surface area contributed by atoms with Gasteiger partial charge < -0.3 is 0 Å². The summed E-state index contributed by atoms with van der Waals surface area (Å²) in [6, 6.07) is 0. The largest absolute Gasteiger partial charge is 0.339 e. The highest BCUT2D eigenvalue weighted by Crippen LogP contribution is 2.61. The average molecular weight is 187 g/mol. The first kappa shape index (κ1) is 10.9. The standard InChI is InChI=1S/Cl3OP.H2O2/c1-5(2,3)4;1-2/h;1-2H. The molecule has 0 radical (unpaired) electrons. The fourth-order valence-electron chi connectivity index (χ4n) is 0. The zero-order valence-electron chi connectivity index (χ0n) is 2.88. The molecule has 0 unspecified atom stereocenters. The molecular weight excluding hydrogens is 185 g/mol. The van der Waals surface area contributed by atoms with Gasteiger partial charge in [0.2, 0.25) is 0 Å². The van der Waals surface area contributed by atoms with Crippen molar-refractivity contribution in [2.24, 2.45) is 0 Å². The third kappa shape index (κ3) is 170. The highest BCUT2D eigenvalue weighted by Gasteiger charge is 2.02. The molecule has 0 amide bonds. The van der Waals surface area contributed by atoms with E-state index in [-0.39, 0.29) is 0 Å². The summed E-state index contributed by atoms with van der Waals surface area (Å²) in [6.45, 7) is 0. The lowest BCUT2D eigenvalue weighted by Crippen LogP contribution is -1.29. The number of rotatable bonds is 0. The van der Waals surface area contributed by atoms with E-state index in [1.165, 1.54) is 0 Å². The van der Waals surface area contributed by atoms with Crippen LogP contribution in [0.2, 0.25) is 0 Å². The van der Waals surface area contributed by atoms with Crippen LogP contribution in [0.1, 0.15) is 0 Å². The summed E-state index contributed by atoms with van der Waals surface area (Å²) in [6.07, 6.45) is 0. The van der Waals surface area contributed by atoms with Crippen LogP contribution in [0.3, 0.4) is 0 Å². The Balaban J connectivity index is 0. The minimum Gasteiger partial charge on any atom is -0.271 e. The summed E-state index contributed by atoms with van der Waals surface area (Å²) < 4.78 is 9.51. The van der Waals surface area contributed by atoms with E-state index in [0.29, 0.717) is 0 Å². The van der Waals surface area contributed by atoms with E-state index >= 15 is 0 Å². The fraction of sp³-hybridized carbons (Fsp3) is 0. The van der Waals surface area contributed by atoms with Gasteiger partial charge in [-0.1, -0.05) is 0 Å². The van der Waals surface area contributed by atoms with E-state index in [4.69, 9.17) is 10.5 Å². The maximum Gasteiger partial charge on any atom is 0.339 e. The Morgan fingerprint density at radius 2 is 1.14 bits per heavy atom. The maximum atomic E-state index is 9.51. The predicted molar refractivity (Wildman–Crippen MR) is 30.4 cm³/mol. The lowest BCUT2D eigenvalue weighted by Gasteiger charge is -1.74. The molecule has 46 valence electrons. The summed E-state index contributed by atoms with van der Waals surface area (Å²) in [5, 5.41) is 8.78. The van der Waals surface area contributed by atoms with E-state index < -0.39 is 5.20 Å². The first-order chi connectivity index (χ1) is 3.00. The molecule has 3 nitrogen and oxygen atoms in total. The molecule has 0 aromatic heterocycles. The summed E-state index contributed by atoms with van der Waals surface area (Å²) in [4.78, 5) is 0. The van der Waals surface area contributed by atoms with Gasteiger partial charge in [-0.15, -0.1) is 0 Å². The molecule has 0 spiro atoms. The van der Waals surface area contributed by atoms with Crippen molar-refractivity contribution in [2.45, 2.75) is 0 Å². The van der Waals surface area contributed by atoms with E-state index in [2.05, 4.69) is 33.7 Å². The van der Waals surface area contributed by atoms with Gasteiger partial charge in [-0.2, -0.15) is 0 Å². The molecule has 0 aliphatic carbocycles. The summed E-state index contributed by atoms with van der Waals surface area (Å²) in [5.74, 6) is 0. The monoisotopic (exact) mass is 186 g/mol. The molecule has 0 heterocycles. The van der Waals surface area contributed by atoms with Crippen LogP contribution in [-0.2, 0) is 4.57 Å². The second-order valence-corrected chi connectivity index (χ2v) is 7.04. The molecule has 0 aliphatic rings. The van der Waals surface area contributed by atoms with Crippen molar-refractivity contribution in [1.29, 1.82) is 0 Å². The van der Waals surface area contributed by atoms with Gasteiger partial charge in [0.05, 0.1) is 0 Å². The number of hydrogen-bond acceptors (Lipinski definition) is 3. The van der Waals surface area contributed by atoms with Gasteiger partial charge >= 0.3 is 5.20 Å². The lowest BCUT2D eigenvalue weighted by atomic mass is 15.0. The normalized spacial score (nSPS) is 9.29. The Labute approximate surface area is 54.5 Å². The zero-order valence-corrected chi connectivity index (χ0v) is 6.05. The van der Waals surface area contributed by atoms with Crippen molar-refractivity contribution in [2.75, 3.05) is 0 Å². The molecule has 0 saturated heterocycles. The molecule has 0 fully saturated rings. The second-order valence-electron chi connectivity index (χ2n) is 0.399. The smallest absolute Gasteiger partial charge is 0.271 e. The van der Waals surface area contributed by atoms with Gasteiger partial charge in [-0.3, -0.25) is 15.1 Å². The molecule has 7 heteroatoms. The van der Waals surface area contributed by atoms with Crippen molar-refractivity contribution in [3.05, 3.63) is 0 Å². The van der Waals surface area contributed by atoms with Gasteiger partial charge in [-0.25, -0.2) is 0 Å². The van der Waals surface area contributed by atoms with Crippen LogP contribution in [-0.4, -0.2) is 10.5 Å². The third-order valence-electron chi connectivity index (χ3n) is 0. The molecule has 0 bridgehead atoms. The summed E-state index contributed by atoms with van der Waals surface area (Å²) in [5.41, 5.74) is 0. The van der Waals surface area contributed by atoms with Gasteiger partial charge in [0.1, 0.15) is 0 Å². The van der Waals surface area contributed by atoms with Gasteiger partial charge in [0, 0.05) is 0 Å². The molecular formula is H2Cl3O3P. The molecule has 7 heavy (non-hydrogen) atoms. The van der Waals surface area contributed by atoms with Crippen molar-refractivity contribution in [1.82, 2.24) is 0 Å². The Bertz CT molecular complexity index is 56.3. The van der Waals surface area contributed by atoms with Crippen LogP contribution >= 0.6 is 38.9 Å². The Morgan fingerprint density at radius 3 is 1.14 bits per heavy atom. The quantitative estimate of drug-likeness (QED) is 0.348. The lowest BCUT2D eigenvalue weighted by molar-refractivity contribution is -0.176. The predicted octanol–water partition coefficient (Wildman–Crippen LogP) is 2.83. The molecule has 0 aromatic carbocycles. The Hall–Kier alpha value is 1.02. The van der Waals surface area contributed by atoms with Crippen LogP contribution in [0, 0.1) is 0 Å². The minimum absolute atomic E-state index is 3.22. The first-order valence-corrected chi connectivity index (χ1v) is 5.31. The van der Waals surface area contributed by atoms with Crippen LogP contribution < -0.4 is 0 Å². The van der Waals surface area contributed by atoms with E-state index in [1.807, 2.05) is 0 Å². The molecule has 0 aromatic rings. The SMILES string of the molecule is O=P(Cl)(Cl)Cl.OO. The number of halogens is 3. The second kappa shape index (κ2) is 5.16. The Kier molecular flexibility index (Phi) is 8.04. The van der Waals surface area contributed by atoms with E-state index in [1.54, 1.807) is 0 Å². The van der Waals surface area contributed by atoms with Crippen LogP contribution in [0.25, 0.3) is 0 Å². The van der Waals surface area contributed by atoms with E-state index in [9.17, 15) is 4.57 Å². The molecule has 2 N–H and O–H groups in total.